The van der Waals surface area contributed by atoms with Gasteiger partial charge in [-0.2, -0.15) is 0 Å². The lowest BCUT2D eigenvalue weighted by molar-refractivity contribution is -0.120. The van der Waals surface area contributed by atoms with Gasteiger partial charge >= 0.3 is 0 Å². The third kappa shape index (κ3) is 7.17. The van der Waals surface area contributed by atoms with E-state index in [0.29, 0.717) is 12.3 Å². The molecule has 0 aliphatic carbocycles. The van der Waals surface area contributed by atoms with Crippen molar-refractivity contribution in [3.8, 4) is 0 Å². The number of hydrogen-bond donors (Lipinski definition) is 1. The van der Waals surface area contributed by atoms with Gasteiger partial charge in [-0.3, -0.25) is 4.79 Å². The van der Waals surface area contributed by atoms with Crippen LogP contribution in [0.15, 0.2) is 41.3 Å². The zero-order valence-electron chi connectivity index (χ0n) is 11.1. The minimum absolute atomic E-state index is 0.139. The van der Waals surface area contributed by atoms with Crippen LogP contribution in [0.3, 0.4) is 0 Å². The molecule has 0 saturated carbocycles. The third-order valence-corrected chi connectivity index (χ3v) is 3.33. The van der Waals surface area contributed by atoms with Gasteiger partial charge in [-0.1, -0.05) is 35.9 Å². The third-order valence-electron chi connectivity index (χ3n) is 2.38. The van der Waals surface area contributed by atoms with Crippen LogP contribution in [0.1, 0.15) is 32.3 Å². The Morgan fingerprint density at radius 2 is 2.00 bits per heavy atom. The van der Waals surface area contributed by atoms with Crippen molar-refractivity contribution in [2.45, 2.75) is 33.1 Å². The Hall–Kier alpha value is -1.22. The second kappa shape index (κ2) is 8.81. The van der Waals surface area contributed by atoms with Gasteiger partial charge in [0.2, 0.25) is 5.91 Å². The number of carbonyl (C=O) groups is 1. The van der Waals surface area contributed by atoms with Crippen LogP contribution < -0.4 is 5.32 Å². The molecular weight excluding hydrogens is 242 g/mol. The summed E-state index contributed by atoms with van der Waals surface area (Å²) in [5.41, 5.74) is 2.56. The summed E-state index contributed by atoms with van der Waals surface area (Å²) in [6.07, 6.45) is 2.48. The standard InChI is InChI=1S/C15H21NOS/c1-13(2)11-18-12-16-15(17)10-6-9-14-7-4-3-5-8-14/h3-5,7-8,11H,6,9-10,12H2,1-2H3,(H,16,17). The van der Waals surface area contributed by atoms with Crippen molar-refractivity contribution in [1.82, 2.24) is 5.32 Å². The summed E-state index contributed by atoms with van der Waals surface area (Å²) in [7, 11) is 0. The van der Waals surface area contributed by atoms with E-state index in [2.05, 4.69) is 36.7 Å². The number of thioether (sulfide) groups is 1. The molecule has 0 spiro atoms. The van der Waals surface area contributed by atoms with Gasteiger partial charge in [0.1, 0.15) is 0 Å². The predicted octanol–water partition coefficient (Wildman–Crippen LogP) is 3.74. The van der Waals surface area contributed by atoms with Crippen molar-refractivity contribution in [1.29, 1.82) is 0 Å². The molecule has 2 nitrogen and oxygen atoms in total. The van der Waals surface area contributed by atoms with Gasteiger partial charge in [-0.25, -0.2) is 0 Å². The van der Waals surface area contributed by atoms with E-state index in [1.54, 1.807) is 11.8 Å². The number of carbonyl (C=O) groups excluding carboxylic acids is 1. The van der Waals surface area contributed by atoms with E-state index >= 15 is 0 Å². The Morgan fingerprint density at radius 1 is 1.28 bits per heavy atom. The SMILES string of the molecule is CC(C)=CSCNC(=O)CCCc1ccccc1. The summed E-state index contributed by atoms with van der Waals surface area (Å²) in [5, 5.41) is 4.96. The predicted molar refractivity (Wildman–Crippen MR) is 79.4 cm³/mol. The number of nitrogens with one attached hydrogen (secondary N) is 1. The maximum absolute atomic E-state index is 11.5. The van der Waals surface area contributed by atoms with Gasteiger partial charge in [-0.15, -0.1) is 11.8 Å². The summed E-state index contributed by atoms with van der Waals surface area (Å²) in [6.45, 7) is 4.10. The number of rotatable bonds is 7. The average molecular weight is 263 g/mol. The number of hydrogen-bond acceptors (Lipinski definition) is 2. The minimum Gasteiger partial charge on any atom is -0.347 e. The molecule has 1 rings (SSSR count). The highest BCUT2D eigenvalue weighted by atomic mass is 32.2. The molecule has 0 fully saturated rings. The molecule has 0 atom stereocenters. The van der Waals surface area contributed by atoms with Crippen LogP contribution in [-0.4, -0.2) is 11.8 Å². The highest BCUT2D eigenvalue weighted by Crippen LogP contribution is 2.06. The van der Waals surface area contributed by atoms with Crippen molar-refractivity contribution < 1.29 is 4.79 Å². The maximum atomic E-state index is 11.5. The quantitative estimate of drug-likeness (QED) is 0.600. The first-order chi connectivity index (χ1) is 8.68. The molecule has 0 unspecified atom stereocenters. The molecule has 0 aliphatic rings. The molecule has 3 heteroatoms. The largest absolute Gasteiger partial charge is 0.347 e. The van der Waals surface area contributed by atoms with E-state index < -0.39 is 0 Å². The molecule has 18 heavy (non-hydrogen) atoms. The lowest BCUT2D eigenvalue weighted by Gasteiger charge is -2.03. The van der Waals surface area contributed by atoms with Crippen molar-refractivity contribution in [2.24, 2.45) is 0 Å². The molecule has 0 radical (unpaired) electrons. The van der Waals surface area contributed by atoms with E-state index in [-0.39, 0.29) is 5.91 Å². The summed E-state index contributed by atoms with van der Waals surface area (Å²) >= 11 is 1.63. The summed E-state index contributed by atoms with van der Waals surface area (Å²) < 4.78 is 0. The summed E-state index contributed by atoms with van der Waals surface area (Å²) in [4.78, 5) is 11.5. The highest BCUT2D eigenvalue weighted by molar-refractivity contribution is 8.02. The van der Waals surface area contributed by atoms with Gasteiger partial charge in [-0.05, 0) is 37.7 Å². The van der Waals surface area contributed by atoms with Crippen LogP contribution in [0.2, 0.25) is 0 Å². The Bertz CT molecular complexity index is 383. The van der Waals surface area contributed by atoms with Crippen LogP contribution in [0.4, 0.5) is 0 Å². The Labute approximate surface area is 114 Å². The van der Waals surface area contributed by atoms with Crippen LogP contribution >= 0.6 is 11.8 Å². The molecule has 1 aromatic rings. The highest BCUT2D eigenvalue weighted by Gasteiger charge is 2.00. The molecular formula is C15H21NOS. The van der Waals surface area contributed by atoms with Crippen molar-refractivity contribution in [3.05, 3.63) is 46.9 Å². The second-order valence-electron chi connectivity index (χ2n) is 4.45. The normalized spacial score (nSPS) is 9.89. The molecule has 0 saturated heterocycles. The van der Waals surface area contributed by atoms with E-state index in [4.69, 9.17) is 0 Å². The molecule has 1 N–H and O–H groups in total. The van der Waals surface area contributed by atoms with E-state index in [1.165, 1.54) is 11.1 Å². The maximum Gasteiger partial charge on any atom is 0.220 e. The zero-order chi connectivity index (χ0) is 13.2. The van der Waals surface area contributed by atoms with Gasteiger partial charge in [0.25, 0.3) is 0 Å². The summed E-state index contributed by atoms with van der Waals surface area (Å²) in [5.74, 6) is 0.801. The van der Waals surface area contributed by atoms with Gasteiger partial charge in [0.05, 0.1) is 5.88 Å². The zero-order valence-corrected chi connectivity index (χ0v) is 11.9. The molecule has 98 valence electrons. The Morgan fingerprint density at radius 3 is 2.67 bits per heavy atom. The number of allylic oxidation sites excluding steroid dienone is 1. The van der Waals surface area contributed by atoms with E-state index in [0.717, 1.165) is 12.8 Å². The van der Waals surface area contributed by atoms with Crippen molar-refractivity contribution >= 4 is 17.7 Å². The monoisotopic (exact) mass is 263 g/mol. The molecule has 1 amide bonds. The van der Waals surface area contributed by atoms with Gasteiger partial charge in [0.15, 0.2) is 0 Å². The summed E-state index contributed by atoms with van der Waals surface area (Å²) in [6, 6.07) is 10.3. The fourth-order valence-corrected chi connectivity index (χ4v) is 2.18. The van der Waals surface area contributed by atoms with Crippen molar-refractivity contribution in [3.63, 3.8) is 0 Å². The molecule has 0 heterocycles. The fourth-order valence-electron chi connectivity index (χ4n) is 1.52. The second-order valence-corrected chi connectivity index (χ2v) is 5.30. The minimum atomic E-state index is 0.139. The topological polar surface area (TPSA) is 29.1 Å². The first-order valence-electron chi connectivity index (χ1n) is 6.24. The number of amides is 1. The molecule has 0 bridgehead atoms. The molecule has 1 aromatic carbocycles. The first kappa shape index (κ1) is 14.8. The number of benzene rings is 1. The van der Waals surface area contributed by atoms with Crippen LogP contribution in [-0.2, 0) is 11.2 Å². The van der Waals surface area contributed by atoms with Gasteiger partial charge in [0, 0.05) is 6.42 Å². The smallest absolute Gasteiger partial charge is 0.220 e. The Balaban J connectivity index is 2.09. The molecule has 0 aromatic heterocycles. The van der Waals surface area contributed by atoms with Crippen LogP contribution in [0.5, 0.6) is 0 Å². The number of aryl methyl sites for hydroxylation is 1. The van der Waals surface area contributed by atoms with E-state index in [1.807, 2.05) is 18.2 Å². The lowest BCUT2D eigenvalue weighted by Crippen LogP contribution is -2.22. The first-order valence-corrected chi connectivity index (χ1v) is 7.29. The van der Waals surface area contributed by atoms with E-state index in [9.17, 15) is 4.79 Å². The average Bonchev–Trinajstić information content (AvgIpc) is 2.36. The lowest BCUT2D eigenvalue weighted by atomic mass is 10.1. The van der Waals surface area contributed by atoms with Crippen LogP contribution in [0, 0.1) is 0 Å². The Kier molecular flexibility index (Phi) is 7.26. The van der Waals surface area contributed by atoms with Gasteiger partial charge < -0.3 is 5.32 Å². The van der Waals surface area contributed by atoms with Crippen molar-refractivity contribution in [2.75, 3.05) is 5.88 Å². The fraction of sp³-hybridized carbons (Fsp3) is 0.400. The molecule has 0 aliphatic heterocycles. The van der Waals surface area contributed by atoms with Crippen LogP contribution in [0.25, 0.3) is 0 Å².